The number of nitriles is 2. The molecule has 5 heterocycles. The van der Waals surface area contributed by atoms with Crippen molar-refractivity contribution in [3.63, 3.8) is 0 Å². The minimum absolute atomic E-state index is 0.00104. The molecule has 0 bridgehead atoms. The zero-order valence-corrected chi connectivity index (χ0v) is 71.7. The molecule has 3 aromatic heterocycles. The van der Waals surface area contributed by atoms with Crippen LogP contribution in [0.2, 0.25) is 0 Å². The van der Waals surface area contributed by atoms with Crippen LogP contribution in [0, 0.1) is 71.9 Å². The number of phenols is 2. The fourth-order valence-electron chi connectivity index (χ4n) is 10.8. The molecule has 10 N–H and O–H groups in total. The van der Waals surface area contributed by atoms with Crippen LogP contribution in [0.5, 0.6) is 11.5 Å². The van der Waals surface area contributed by atoms with Crippen molar-refractivity contribution in [2.75, 3.05) is 57.8 Å². The maximum atomic E-state index is 13.6. The molecule has 626 valence electrons. The zero-order chi connectivity index (χ0) is 87.3. The van der Waals surface area contributed by atoms with Crippen molar-refractivity contribution < 1.29 is 74.1 Å². The lowest BCUT2D eigenvalue weighted by Gasteiger charge is -2.39. The fourth-order valence-corrected chi connectivity index (χ4v) is 11.6. The van der Waals surface area contributed by atoms with E-state index in [1.54, 1.807) is 13.8 Å². The van der Waals surface area contributed by atoms with E-state index < -0.39 is 93.1 Å². The van der Waals surface area contributed by atoms with E-state index in [9.17, 15) is 66.0 Å². The second kappa shape index (κ2) is 49.8. The molecule has 27 nitrogen and oxygen atoms in total. The van der Waals surface area contributed by atoms with Crippen LogP contribution in [0.3, 0.4) is 0 Å². The number of alkyl carbamates (subject to hydrolysis) is 1. The fraction of sp³-hybridized carbons (Fsp3) is 0.421. The Morgan fingerprint density at radius 3 is 1.48 bits per heavy atom. The first kappa shape index (κ1) is 101. The molecule has 2 saturated heterocycles. The molecule has 10 rings (SSSR count). The van der Waals surface area contributed by atoms with Crippen LogP contribution in [-0.2, 0) is 19.1 Å². The number of halogens is 8. The Hall–Kier alpha value is -9.16. The molecule has 40 heteroatoms. The molecule has 2 aliphatic heterocycles. The third kappa shape index (κ3) is 37.4. The molecule has 0 radical (unpaired) electrons. The molecule has 0 unspecified atom stereocenters. The summed E-state index contributed by atoms with van der Waals surface area (Å²) in [6.07, 6.45) is 4.23. The quantitative estimate of drug-likeness (QED) is 0.0199. The topological polar surface area (TPSA) is 403 Å². The van der Waals surface area contributed by atoms with Crippen molar-refractivity contribution in [2.45, 2.75) is 144 Å². The van der Waals surface area contributed by atoms with Gasteiger partial charge >= 0.3 is 40.8 Å². The van der Waals surface area contributed by atoms with Gasteiger partial charge in [0.15, 0.2) is 0 Å². The van der Waals surface area contributed by atoms with Crippen LogP contribution in [-0.4, -0.2) is 156 Å². The van der Waals surface area contributed by atoms with Crippen LogP contribution in [0.25, 0.3) is 32.9 Å². The van der Waals surface area contributed by atoms with E-state index >= 15 is 0 Å². The molecular weight excluding hydrogens is 1680 g/mol. The highest BCUT2D eigenvalue weighted by Gasteiger charge is 2.40. The minimum atomic E-state index is -1.72. The van der Waals surface area contributed by atoms with Crippen molar-refractivity contribution in [3.8, 4) is 23.6 Å². The normalized spacial score (nSPS) is 13.7. The molecule has 8 aromatic rings. The number of ether oxygens (including phenoxy) is 2. The predicted molar refractivity (Wildman–Crippen MR) is 447 cm³/mol. The highest BCUT2D eigenvalue weighted by atomic mass is 35.8. The molecule has 0 spiro atoms. The number of likely N-dealkylation sites (tertiary alicyclic amines) is 2. The van der Waals surface area contributed by atoms with E-state index in [1.165, 1.54) is 66.7 Å². The lowest BCUT2D eigenvalue weighted by molar-refractivity contribution is -0.125. The van der Waals surface area contributed by atoms with Gasteiger partial charge in [0, 0.05) is 62.1 Å². The largest absolute Gasteiger partial charge is 0.643 e. The lowest BCUT2D eigenvalue weighted by Crippen LogP contribution is -2.58. The van der Waals surface area contributed by atoms with Crippen LogP contribution in [0.1, 0.15) is 126 Å². The predicted octanol–water partition coefficient (Wildman–Crippen LogP) is 15.5. The number of aliphatic imine (C=N–C) groups is 1. The van der Waals surface area contributed by atoms with Gasteiger partial charge in [-0.25, -0.2) is 76.1 Å². The Morgan fingerprint density at radius 2 is 1.09 bits per heavy atom. The number of aromatic nitrogens is 3. The summed E-state index contributed by atoms with van der Waals surface area (Å²) in [6.45, 7) is 25.5. The number of carbonyl (C=O) groups excluding carboxylic acids is 4. The van der Waals surface area contributed by atoms with Gasteiger partial charge in [-0.1, -0.05) is 98.1 Å². The number of benzene rings is 5. The summed E-state index contributed by atoms with van der Waals surface area (Å²) in [7, 11) is 14.8. The van der Waals surface area contributed by atoms with Gasteiger partial charge in [0.1, 0.15) is 94.5 Å². The number of fused-ring (bicyclic) bond motifs is 3. The van der Waals surface area contributed by atoms with Crippen molar-refractivity contribution >= 4 is 163 Å². The number of thiocarbonyl (C=S) groups is 2. The van der Waals surface area contributed by atoms with Gasteiger partial charge in [-0.3, -0.25) is 24.9 Å². The first-order chi connectivity index (χ1) is 54.4. The van der Waals surface area contributed by atoms with Gasteiger partial charge in [-0.2, -0.15) is 15.5 Å². The van der Waals surface area contributed by atoms with Crippen LogP contribution in [0.15, 0.2) is 130 Å². The van der Waals surface area contributed by atoms with Gasteiger partial charge in [0.25, 0.3) is 0 Å². The smallest absolute Gasteiger partial charge is 0.508 e. The average Bonchev–Trinajstić information content (AvgIpc) is 0.795. The Morgan fingerprint density at radius 1 is 0.655 bits per heavy atom. The summed E-state index contributed by atoms with van der Waals surface area (Å²) in [5.74, 6) is -5.46. The zero-order valence-electron chi connectivity index (χ0n) is 65.0. The third-order valence-corrected chi connectivity index (χ3v) is 17.0. The number of hydrogen-bond acceptors (Lipinski definition) is 25. The standard InChI is InChI=1S/C24H32FN5O3.C16H30N4O.C10H10FNO3S.2C8H4FNO2S.C6H5FO.C4H5NO2S.Al.3ClH/c1-5-10-30-11-8-24(15-26,9-12-30)29-21(31)18(14-23(2,3)4)27-20-17-7-6-16(25)13-19(17)33-22(32)28-20;1-5-8-20-9-6-16(12-17,7-10-20)19-14(21)13(18)11-15(2,3)4;1-2-15-10(14)12-9(16)7-4-3-6(13)5-8(7)11;2*9-4-1-2-5-6(3-4)12-8(11)10-7(5)13;7-5-2-1-3-6(8)4-5;1-2-7-4(6)5-3-8;;;;/h6-7,13,18H,5,8-12,14H2,1-4H3,(H,29,31)(H,27,28,32);13H,5-11,18H2,1-4H3,(H,19,21);3-5,13H,2H2,1H3,(H,12,14,16);2*1-3H,(H,10,11,13);1-4,8H;2H2,1H3;;3*1H/q;;;;;;;+3;;;/p-3/t18-;13-;;;;;;;;;/m00........./s1. The number of phenolic OH excluding ortho intramolecular Hbond substituents is 2. The highest BCUT2D eigenvalue weighted by molar-refractivity contribution is 7.80. The molecule has 0 aliphatic carbocycles. The maximum Gasteiger partial charge on any atom is 0.643 e. The summed E-state index contributed by atoms with van der Waals surface area (Å²) < 4.78 is 88.2. The number of carbonyl (C=O) groups is 4. The second-order valence-corrected chi connectivity index (χ2v) is 35.6. The third-order valence-electron chi connectivity index (χ3n) is 16.0. The maximum absolute atomic E-state index is 13.6. The van der Waals surface area contributed by atoms with Gasteiger partial charge in [-0.05, 0) is 162 Å². The summed E-state index contributed by atoms with van der Waals surface area (Å²) >= 11 is 16.9. The van der Waals surface area contributed by atoms with Crippen LogP contribution >= 0.6 is 79.0 Å². The van der Waals surface area contributed by atoms with E-state index in [0.717, 1.165) is 82.4 Å². The van der Waals surface area contributed by atoms with Crippen molar-refractivity contribution in [1.82, 2.24) is 40.7 Å². The molecule has 4 amide bonds. The summed E-state index contributed by atoms with van der Waals surface area (Å²) in [5.41, 5.74) is 4.46. The second-order valence-electron chi connectivity index (χ2n) is 27.8. The average molecular weight is 1770 g/mol. The summed E-state index contributed by atoms with van der Waals surface area (Å²) in [5, 5.41) is 51.5. The van der Waals surface area contributed by atoms with Gasteiger partial charge in [0.2, 0.25) is 11.8 Å². The van der Waals surface area contributed by atoms with E-state index in [2.05, 4.69) is 119 Å². The molecule has 0 saturated carbocycles. The molecular formula is C76H90AlCl3F5N13O14S4. The van der Waals surface area contributed by atoms with Gasteiger partial charge in [0.05, 0.1) is 52.7 Å². The molecule has 5 aromatic carbocycles. The Balaban J connectivity index is 0.000000366. The van der Waals surface area contributed by atoms with E-state index in [4.69, 9.17) is 96.0 Å². The Bertz CT molecular complexity index is 4960. The summed E-state index contributed by atoms with van der Waals surface area (Å²) in [6, 6.07) is 23.5. The molecule has 2 aliphatic rings. The number of nitrogens with one attached hydrogen (secondary N) is 6. The van der Waals surface area contributed by atoms with Gasteiger partial charge in [-0.15, -0.1) is 4.99 Å². The Labute approximate surface area is 703 Å². The molecule has 116 heavy (non-hydrogen) atoms. The molecule has 2 fully saturated rings. The monoisotopic (exact) mass is 1760 g/mol. The van der Waals surface area contributed by atoms with E-state index in [-0.39, 0.29) is 83.2 Å². The number of piperidine rings is 2. The number of nitrogens with two attached hydrogens (primary N) is 1. The van der Waals surface area contributed by atoms with E-state index in [0.29, 0.717) is 61.3 Å². The number of anilines is 1. The lowest BCUT2D eigenvalue weighted by atomic mass is 9.85. The number of aromatic hydroxyl groups is 2. The summed E-state index contributed by atoms with van der Waals surface area (Å²) in [4.78, 5) is 96.4. The highest BCUT2D eigenvalue weighted by Crippen LogP contribution is 2.30. The number of hydrogen-bond donors (Lipinski definition) is 9. The SMILES string of the molecule is CCCN1CCC(C#N)(NC(=O)[C@@H](N)CC(C)(C)C)CC1.CCCN1CCC(C#N)(NC(=O)[C@H](CC(C)(C)C)Nc2nc(=O)oc3cc(F)ccc23)CC1.CCOC(=O)N=C=S.CCOC(=O)NC(=S)c1ccc(O)cc1F.O=c1[nH]c(=S)c2ccc(F)cc2o1.O=c1[nH]c(=S)c2ccc(F)cc2o1.Oc1cccc(F)c1.[Cl][Al]([Cl])[Cl]. The van der Waals surface area contributed by atoms with Crippen LogP contribution in [0.4, 0.5) is 37.4 Å². The first-order valence-electron chi connectivity index (χ1n) is 35.7. The van der Waals surface area contributed by atoms with Crippen LogP contribution < -0.4 is 44.3 Å². The van der Waals surface area contributed by atoms with E-state index in [1.807, 2.05) is 25.9 Å². The molecule has 2 atom stereocenters. The number of amides is 4. The number of isothiocyanates is 1. The van der Waals surface area contributed by atoms with Gasteiger partial charge < -0.3 is 64.4 Å². The minimum Gasteiger partial charge on any atom is -0.508 e. The number of nitrogens with zero attached hydrogens (tertiary/aromatic N) is 6. The number of H-pyrrole nitrogens is 2. The van der Waals surface area contributed by atoms with Crippen molar-refractivity contribution in [3.05, 3.63) is 173 Å². The first-order valence-corrected chi connectivity index (χ1v) is 42.6. The van der Waals surface area contributed by atoms with Crippen molar-refractivity contribution in [1.29, 1.82) is 10.5 Å². The Kier molecular flexibility index (Phi) is 43.4. The van der Waals surface area contributed by atoms with Crippen molar-refractivity contribution in [2.24, 2.45) is 21.6 Å². The number of rotatable bonds is 15. The number of aromatic amines is 2.